The third-order valence-electron chi connectivity index (χ3n) is 3.74. The van der Waals surface area contributed by atoms with Gasteiger partial charge in [0.25, 0.3) is 5.91 Å². The summed E-state index contributed by atoms with van der Waals surface area (Å²) in [7, 11) is -3.31. The average Bonchev–Trinajstić information content (AvgIpc) is 3.02. The highest BCUT2D eigenvalue weighted by atomic mass is 32.2. The lowest BCUT2D eigenvalue weighted by atomic mass is 10.2. The van der Waals surface area contributed by atoms with Gasteiger partial charge in [-0.05, 0) is 36.4 Å². The number of anilines is 2. The van der Waals surface area contributed by atoms with Crippen molar-refractivity contribution < 1.29 is 18.0 Å². The lowest BCUT2D eigenvalue weighted by Gasteiger charge is -2.06. The lowest BCUT2D eigenvalue weighted by Crippen LogP contribution is -2.13. The van der Waals surface area contributed by atoms with Gasteiger partial charge in [0.15, 0.2) is 15.0 Å². The second-order valence-corrected chi connectivity index (χ2v) is 8.90. The Morgan fingerprint density at radius 3 is 2.59 bits per heavy atom. The molecule has 0 fully saturated rings. The molecule has 140 valence electrons. The molecule has 27 heavy (non-hydrogen) atoms. The van der Waals surface area contributed by atoms with E-state index in [1.165, 1.54) is 17.4 Å². The SMILES string of the molecule is CCC(=O)Nc1cccc(C(=O)Nc2nc3ccc(S(C)(=O)=O)cc3s2)c1. The Labute approximate surface area is 160 Å². The average molecular weight is 403 g/mol. The minimum Gasteiger partial charge on any atom is -0.326 e. The number of hydrogen-bond donors (Lipinski definition) is 2. The number of aromatic nitrogens is 1. The maximum absolute atomic E-state index is 12.5. The minimum atomic E-state index is -3.31. The highest BCUT2D eigenvalue weighted by Crippen LogP contribution is 2.28. The summed E-state index contributed by atoms with van der Waals surface area (Å²) in [6.07, 6.45) is 1.49. The summed E-state index contributed by atoms with van der Waals surface area (Å²) in [4.78, 5) is 28.5. The minimum absolute atomic E-state index is 0.139. The summed E-state index contributed by atoms with van der Waals surface area (Å²) in [5.41, 5.74) is 1.52. The zero-order valence-corrected chi connectivity index (χ0v) is 16.3. The second kappa shape index (κ2) is 7.45. The van der Waals surface area contributed by atoms with Gasteiger partial charge >= 0.3 is 0 Å². The molecule has 0 saturated carbocycles. The summed E-state index contributed by atoms with van der Waals surface area (Å²) in [6, 6.07) is 11.2. The van der Waals surface area contributed by atoms with E-state index in [9.17, 15) is 18.0 Å². The molecule has 7 nitrogen and oxygen atoms in total. The van der Waals surface area contributed by atoms with Crippen molar-refractivity contribution in [1.82, 2.24) is 4.98 Å². The van der Waals surface area contributed by atoms with Gasteiger partial charge in [0.2, 0.25) is 5.91 Å². The molecular weight excluding hydrogens is 386 g/mol. The zero-order chi connectivity index (χ0) is 19.6. The van der Waals surface area contributed by atoms with E-state index in [0.29, 0.717) is 33.0 Å². The molecule has 3 rings (SSSR count). The number of rotatable bonds is 5. The van der Waals surface area contributed by atoms with Crippen LogP contribution < -0.4 is 10.6 Å². The van der Waals surface area contributed by atoms with E-state index >= 15 is 0 Å². The van der Waals surface area contributed by atoms with Crippen LogP contribution in [0.3, 0.4) is 0 Å². The Hall–Kier alpha value is -2.78. The van der Waals surface area contributed by atoms with E-state index in [4.69, 9.17) is 0 Å². The summed E-state index contributed by atoms with van der Waals surface area (Å²) in [5.74, 6) is -0.509. The van der Waals surface area contributed by atoms with Crippen LogP contribution in [0.2, 0.25) is 0 Å². The molecule has 0 spiro atoms. The van der Waals surface area contributed by atoms with Crippen LogP contribution in [0, 0.1) is 0 Å². The van der Waals surface area contributed by atoms with Gasteiger partial charge < -0.3 is 5.32 Å². The van der Waals surface area contributed by atoms with Crippen LogP contribution in [0.15, 0.2) is 47.4 Å². The van der Waals surface area contributed by atoms with Crippen molar-refractivity contribution >= 4 is 54.0 Å². The predicted octanol–water partition coefficient (Wildman–Crippen LogP) is 3.30. The molecule has 2 N–H and O–H groups in total. The molecule has 1 aromatic heterocycles. The van der Waals surface area contributed by atoms with Gasteiger partial charge in [0, 0.05) is 23.9 Å². The number of thiazole rings is 1. The first-order valence-corrected chi connectivity index (χ1v) is 10.8. The lowest BCUT2D eigenvalue weighted by molar-refractivity contribution is -0.115. The van der Waals surface area contributed by atoms with Gasteiger partial charge in [-0.25, -0.2) is 13.4 Å². The normalized spacial score (nSPS) is 11.3. The summed E-state index contributed by atoms with van der Waals surface area (Å²) in [5, 5.41) is 5.77. The van der Waals surface area contributed by atoms with Crippen LogP contribution >= 0.6 is 11.3 Å². The van der Waals surface area contributed by atoms with Crippen molar-refractivity contribution in [3.63, 3.8) is 0 Å². The highest BCUT2D eigenvalue weighted by molar-refractivity contribution is 7.90. The number of sulfone groups is 1. The number of benzene rings is 2. The van der Waals surface area contributed by atoms with Crippen molar-refractivity contribution in [2.45, 2.75) is 18.2 Å². The van der Waals surface area contributed by atoms with Gasteiger partial charge in [-0.3, -0.25) is 14.9 Å². The second-order valence-electron chi connectivity index (χ2n) is 5.86. The maximum atomic E-state index is 12.5. The maximum Gasteiger partial charge on any atom is 0.257 e. The Morgan fingerprint density at radius 2 is 1.89 bits per heavy atom. The molecule has 2 amide bonds. The molecule has 0 saturated heterocycles. The first kappa shape index (κ1) is 19.0. The Kier molecular flexibility index (Phi) is 5.24. The van der Waals surface area contributed by atoms with Crippen LogP contribution in [-0.2, 0) is 14.6 Å². The van der Waals surface area contributed by atoms with Crippen molar-refractivity contribution in [3.05, 3.63) is 48.0 Å². The number of carbonyl (C=O) groups excluding carboxylic acids is 2. The first-order valence-electron chi connectivity index (χ1n) is 8.08. The molecule has 2 aromatic carbocycles. The number of amides is 2. The molecule has 0 aliphatic carbocycles. The molecule has 0 unspecified atom stereocenters. The van der Waals surface area contributed by atoms with E-state index in [1.54, 1.807) is 43.3 Å². The standard InChI is InChI=1S/C18H17N3O4S2/c1-3-16(22)19-12-6-4-5-11(9-12)17(23)21-18-20-14-8-7-13(27(2,24)25)10-15(14)26-18/h4-10H,3H2,1-2H3,(H,19,22)(H,20,21,23). The van der Waals surface area contributed by atoms with E-state index in [-0.39, 0.29) is 16.7 Å². The van der Waals surface area contributed by atoms with Gasteiger partial charge in [-0.15, -0.1) is 0 Å². The van der Waals surface area contributed by atoms with Crippen molar-refractivity contribution in [2.75, 3.05) is 16.9 Å². The predicted molar refractivity (Wildman–Crippen MR) is 106 cm³/mol. The number of nitrogens with zero attached hydrogens (tertiary/aromatic N) is 1. The van der Waals surface area contributed by atoms with Crippen LogP contribution in [0.1, 0.15) is 23.7 Å². The van der Waals surface area contributed by atoms with Gasteiger partial charge in [0.1, 0.15) is 0 Å². The largest absolute Gasteiger partial charge is 0.326 e. The quantitative estimate of drug-likeness (QED) is 0.680. The van der Waals surface area contributed by atoms with Crippen LogP contribution in [0.5, 0.6) is 0 Å². The monoisotopic (exact) mass is 403 g/mol. The first-order chi connectivity index (χ1) is 12.8. The third kappa shape index (κ3) is 4.50. The highest BCUT2D eigenvalue weighted by Gasteiger charge is 2.13. The Balaban J connectivity index is 1.81. The smallest absolute Gasteiger partial charge is 0.257 e. The van der Waals surface area contributed by atoms with Crippen LogP contribution in [-0.4, -0.2) is 31.5 Å². The number of hydrogen-bond acceptors (Lipinski definition) is 6. The third-order valence-corrected chi connectivity index (χ3v) is 5.78. The van der Waals surface area contributed by atoms with E-state index in [0.717, 1.165) is 6.26 Å². The van der Waals surface area contributed by atoms with Crippen LogP contribution in [0.4, 0.5) is 10.8 Å². The van der Waals surface area contributed by atoms with E-state index < -0.39 is 9.84 Å². The van der Waals surface area contributed by atoms with Crippen molar-refractivity contribution in [1.29, 1.82) is 0 Å². The Morgan fingerprint density at radius 1 is 1.11 bits per heavy atom. The molecule has 9 heteroatoms. The summed E-state index contributed by atoms with van der Waals surface area (Å²) >= 11 is 1.19. The topological polar surface area (TPSA) is 105 Å². The molecule has 0 aliphatic rings. The molecule has 0 atom stereocenters. The zero-order valence-electron chi connectivity index (χ0n) is 14.6. The van der Waals surface area contributed by atoms with Gasteiger partial charge in [-0.1, -0.05) is 24.3 Å². The fraction of sp³-hybridized carbons (Fsp3) is 0.167. The number of fused-ring (bicyclic) bond motifs is 1. The number of carbonyl (C=O) groups is 2. The molecule has 0 bridgehead atoms. The van der Waals surface area contributed by atoms with Gasteiger partial charge in [0.05, 0.1) is 15.1 Å². The number of nitrogens with one attached hydrogen (secondary N) is 2. The fourth-order valence-corrected chi connectivity index (χ4v) is 3.97. The van der Waals surface area contributed by atoms with Gasteiger partial charge in [-0.2, -0.15) is 0 Å². The molecule has 3 aromatic rings. The van der Waals surface area contributed by atoms with E-state index in [2.05, 4.69) is 15.6 Å². The molecule has 0 radical (unpaired) electrons. The molecule has 0 aliphatic heterocycles. The van der Waals surface area contributed by atoms with Crippen molar-refractivity contribution in [2.24, 2.45) is 0 Å². The fourth-order valence-electron chi connectivity index (χ4n) is 2.35. The summed E-state index contributed by atoms with van der Waals surface area (Å²) < 4.78 is 24.0. The van der Waals surface area contributed by atoms with E-state index in [1.807, 2.05) is 0 Å². The molecule has 1 heterocycles. The van der Waals surface area contributed by atoms with Crippen molar-refractivity contribution in [3.8, 4) is 0 Å². The summed E-state index contributed by atoms with van der Waals surface area (Å²) in [6.45, 7) is 1.74. The Bertz CT molecular complexity index is 1140. The molecular formula is C18H17N3O4S2. The van der Waals surface area contributed by atoms with Crippen LogP contribution in [0.25, 0.3) is 10.2 Å².